The molecule has 4 nitrogen and oxygen atoms in total. The van der Waals surface area contributed by atoms with Gasteiger partial charge >= 0.3 is 0 Å². The summed E-state index contributed by atoms with van der Waals surface area (Å²) >= 11 is 0. The summed E-state index contributed by atoms with van der Waals surface area (Å²) in [5.41, 5.74) is 1.12. The van der Waals surface area contributed by atoms with Crippen molar-refractivity contribution < 1.29 is 0 Å². The van der Waals surface area contributed by atoms with Crippen LogP contribution in [0, 0.1) is 5.92 Å². The SMILES string of the molecule is CCCNC(CCC1CCCCC1)Cc1cn(C)nn1. The van der Waals surface area contributed by atoms with E-state index in [1.54, 1.807) is 4.68 Å². The number of aromatic nitrogens is 3. The third-order valence-corrected chi connectivity index (χ3v) is 4.44. The van der Waals surface area contributed by atoms with Crippen LogP contribution < -0.4 is 5.32 Å². The van der Waals surface area contributed by atoms with Crippen LogP contribution in [-0.4, -0.2) is 27.6 Å². The lowest BCUT2D eigenvalue weighted by Gasteiger charge is -2.24. The predicted molar refractivity (Wildman–Crippen MR) is 82.6 cm³/mol. The second kappa shape index (κ2) is 8.40. The maximum absolute atomic E-state index is 4.23. The van der Waals surface area contributed by atoms with Crippen LogP contribution in [0.25, 0.3) is 0 Å². The summed E-state index contributed by atoms with van der Waals surface area (Å²) in [6, 6.07) is 0.563. The zero-order valence-electron chi connectivity index (χ0n) is 13.1. The fraction of sp³-hybridized carbons (Fsp3) is 0.875. The third-order valence-electron chi connectivity index (χ3n) is 4.44. The van der Waals surface area contributed by atoms with Gasteiger partial charge in [0.1, 0.15) is 0 Å². The second-order valence-electron chi connectivity index (χ2n) is 6.32. The highest BCUT2D eigenvalue weighted by atomic mass is 15.4. The second-order valence-corrected chi connectivity index (χ2v) is 6.32. The zero-order chi connectivity index (χ0) is 14.2. The van der Waals surface area contributed by atoms with Crippen molar-refractivity contribution in [2.24, 2.45) is 13.0 Å². The molecule has 1 aromatic rings. The molecule has 20 heavy (non-hydrogen) atoms. The van der Waals surface area contributed by atoms with Crippen molar-refractivity contribution in [1.82, 2.24) is 20.3 Å². The number of hydrogen-bond acceptors (Lipinski definition) is 3. The molecule has 2 rings (SSSR count). The summed E-state index contributed by atoms with van der Waals surface area (Å²) in [5, 5.41) is 12.0. The van der Waals surface area contributed by atoms with Gasteiger partial charge in [0.2, 0.25) is 0 Å². The molecular weight excluding hydrogens is 248 g/mol. The lowest BCUT2D eigenvalue weighted by molar-refractivity contribution is 0.312. The van der Waals surface area contributed by atoms with Gasteiger partial charge < -0.3 is 5.32 Å². The maximum Gasteiger partial charge on any atom is 0.0842 e. The number of nitrogens with zero attached hydrogens (tertiary/aromatic N) is 3. The molecule has 0 spiro atoms. The van der Waals surface area contributed by atoms with E-state index < -0.39 is 0 Å². The van der Waals surface area contributed by atoms with Crippen LogP contribution in [0.5, 0.6) is 0 Å². The summed E-state index contributed by atoms with van der Waals surface area (Å²) in [7, 11) is 1.94. The zero-order valence-corrected chi connectivity index (χ0v) is 13.1. The molecule has 0 aliphatic heterocycles. The van der Waals surface area contributed by atoms with E-state index in [9.17, 15) is 0 Å². The Morgan fingerprint density at radius 2 is 2.15 bits per heavy atom. The quantitative estimate of drug-likeness (QED) is 0.794. The van der Waals surface area contributed by atoms with Gasteiger partial charge in [-0.2, -0.15) is 0 Å². The summed E-state index contributed by atoms with van der Waals surface area (Å²) in [5.74, 6) is 0.969. The van der Waals surface area contributed by atoms with Gasteiger partial charge in [0.05, 0.1) is 5.69 Å². The van der Waals surface area contributed by atoms with Crippen LogP contribution in [-0.2, 0) is 13.5 Å². The molecule has 0 saturated heterocycles. The van der Waals surface area contributed by atoms with E-state index in [-0.39, 0.29) is 0 Å². The molecule has 1 fully saturated rings. The van der Waals surface area contributed by atoms with Crippen molar-refractivity contribution >= 4 is 0 Å². The van der Waals surface area contributed by atoms with Crippen molar-refractivity contribution in [1.29, 1.82) is 0 Å². The van der Waals surface area contributed by atoms with Gasteiger partial charge in [-0.25, -0.2) is 0 Å². The lowest BCUT2D eigenvalue weighted by Crippen LogP contribution is -2.32. The average molecular weight is 278 g/mol. The minimum atomic E-state index is 0.563. The van der Waals surface area contributed by atoms with Crippen LogP contribution in [0.1, 0.15) is 64.0 Å². The van der Waals surface area contributed by atoms with Gasteiger partial charge in [0.15, 0.2) is 0 Å². The van der Waals surface area contributed by atoms with Crippen LogP contribution in [0.15, 0.2) is 6.20 Å². The Bertz CT molecular complexity index is 368. The van der Waals surface area contributed by atoms with Crippen molar-refractivity contribution in [3.8, 4) is 0 Å². The van der Waals surface area contributed by atoms with Crippen LogP contribution in [0.4, 0.5) is 0 Å². The molecule has 4 heteroatoms. The van der Waals surface area contributed by atoms with Crippen LogP contribution >= 0.6 is 0 Å². The lowest BCUT2D eigenvalue weighted by atomic mass is 9.85. The van der Waals surface area contributed by atoms with Crippen LogP contribution in [0.3, 0.4) is 0 Å². The number of aryl methyl sites for hydroxylation is 1. The Balaban J connectivity index is 1.79. The number of nitrogens with one attached hydrogen (secondary N) is 1. The predicted octanol–water partition coefficient (Wildman–Crippen LogP) is 3.09. The highest BCUT2D eigenvalue weighted by Crippen LogP contribution is 2.28. The Morgan fingerprint density at radius 1 is 1.35 bits per heavy atom. The molecule has 0 bridgehead atoms. The minimum absolute atomic E-state index is 0.563. The molecule has 1 aliphatic rings. The molecule has 1 saturated carbocycles. The van der Waals surface area contributed by atoms with Gasteiger partial charge in [-0.15, -0.1) is 5.10 Å². The van der Waals surface area contributed by atoms with Crippen molar-refractivity contribution in [3.63, 3.8) is 0 Å². The molecule has 1 atom stereocenters. The Morgan fingerprint density at radius 3 is 2.80 bits per heavy atom. The average Bonchev–Trinajstić information content (AvgIpc) is 2.88. The highest BCUT2D eigenvalue weighted by molar-refractivity contribution is 4.95. The molecule has 1 N–H and O–H groups in total. The highest BCUT2D eigenvalue weighted by Gasteiger charge is 2.17. The number of hydrogen-bond donors (Lipinski definition) is 1. The molecule has 0 amide bonds. The van der Waals surface area contributed by atoms with E-state index in [0.717, 1.165) is 24.6 Å². The van der Waals surface area contributed by atoms with E-state index in [1.807, 2.05) is 13.2 Å². The summed E-state index contributed by atoms with van der Waals surface area (Å²) in [6.45, 7) is 3.34. The minimum Gasteiger partial charge on any atom is -0.314 e. The monoisotopic (exact) mass is 278 g/mol. The summed E-state index contributed by atoms with van der Waals surface area (Å²) < 4.78 is 1.80. The maximum atomic E-state index is 4.23. The van der Waals surface area contributed by atoms with E-state index in [0.29, 0.717) is 6.04 Å². The molecule has 0 aromatic carbocycles. The molecule has 1 aromatic heterocycles. The van der Waals surface area contributed by atoms with E-state index in [4.69, 9.17) is 0 Å². The Labute approximate surface area is 123 Å². The molecule has 1 heterocycles. The molecule has 1 unspecified atom stereocenters. The van der Waals surface area contributed by atoms with Gasteiger partial charge in [-0.1, -0.05) is 44.2 Å². The molecule has 0 radical (unpaired) electrons. The van der Waals surface area contributed by atoms with E-state index in [1.165, 1.54) is 51.4 Å². The smallest absolute Gasteiger partial charge is 0.0842 e. The van der Waals surface area contributed by atoms with Crippen molar-refractivity contribution in [2.45, 2.75) is 70.8 Å². The summed E-state index contributed by atoms with van der Waals surface area (Å²) in [6.07, 6.45) is 14.2. The van der Waals surface area contributed by atoms with E-state index in [2.05, 4.69) is 22.6 Å². The van der Waals surface area contributed by atoms with Crippen LogP contribution in [0.2, 0.25) is 0 Å². The first-order valence-corrected chi connectivity index (χ1v) is 8.36. The molecule has 1 aliphatic carbocycles. The standard InChI is InChI=1S/C16H30N4/c1-3-11-17-15(12-16-13-20(2)19-18-16)10-9-14-7-5-4-6-8-14/h13-15,17H,3-12H2,1-2H3. The third kappa shape index (κ3) is 5.23. The summed E-state index contributed by atoms with van der Waals surface area (Å²) in [4.78, 5) is 0. The first-order valence-electron chi connectivity index (χ1n) is 8.36. The fourth-order valence-electron chi connectivity index (χ4n) is 3.28. The first-order chi connectivity index (χ1) is 9.78. The van der Waals surface area contributed by atoms with Gasteiger partial charge in [-0.3, -0.25) is 4.68 Å². The largest absolute Gasteiger partial charge is 0.314 e. The molecule has 114 valence electrons. The molecular formula is C16H30N4. The Kier molecular flexibility index (Phi) is 6.51. The normalized spacial score (nSPS) is 18.3. The number of rotatable bonds is 8. The van der Waals surface area contributed by atoms with Crippen molar-refractivity contribution in [3.05, 3.63) is 11.9 Å². The first kappa shape index (κ1) is 15.5. The fourth-order valence-corrected chi connectivity index (χ4v) is 3.28. The Hall–Kier alpha value is -0.900. The van der Waals surface area contributed by atoms with Crippen molar-refractivity contribution in [2.75, 3.05) is 6.54 Å². The van der Waals surface area contributed by atoms with Gasteiger partial charge in [-0.05, 0) is 31.7 Å². The topological polar surface area (TPSA) is 42.7 Å². The van der Waals surface area contributed by atoms with Gasteiger partial charge in [0, 0.05) is 25.7 Å². The van der Waals surface area contributed by atoms with E-state index >= 15 is 0 Å². The van der Waals surface area contributed by atoms with Gasteiger partial charge in [0.25, 0.3) is 0 Å².